The van der Waals surface area contributed by atoms with Crippen molar-refractivity contribution in [2.24, 2.45) is 0 Å². The van der Waals surface area contributed by atoms with E-state index in [1.54, 1.807) is 37.4 Å². The second-order valence-corrected chi connectivity index (χ2v) is 8.08. The van der Waals surface area contributed by atoms with Gasteiger partial charge in [-0.3, -0.25) is 9.59 Å². The lowest BCUT2D eigenvalue weighted by Gasteiger charge is -2.09. The molecular formula is C21H18O3S2. The molecule has 0 aliphatic carbocycles. The molecule has 132 valence electrons. The minimum atomic E-state index is -0.237. The topological polar surface area (TPSA) is 43.4 Å². The summed E-state index contributed by atoms with van der Waals surface area (Å²) < 4.78 is 5.95. The molecular weight excluding hydrogens is 364 g/mol. The summed E-state index contributed by atoms with van der Waals surface area (Å²) in [5.41, 5.74) is 1.50. The summed E-state index contributed by atoms with van der Waals surface area (Å²) in [6.07, 6.45) is 0. The highest BCUT2D eigenvalue weighted by Crippen LogP contribution is 2.34. The van der Waals surface area contributed by atoms with E-state index in [9.17, 15) is 9.59 Å². The van der Waals surface area contributed by atoms with Crippen molar-refractivity contribution >= 4 is 28.9 Å². The zero-order chi connectivity index (χ0) is 18.5. The largest absolute Gasteiger partial charge is 0.497 e. The zero-order valence-corrected chi connectivity index (χ0v) is 16.2. The minimum absolute atomic E-state index is 0.218. The quantitative estimate of drug-likeness (QED) is 0.438. The number of hydrogen-bond acceptors (Lipinski definition) is 5. The Balaban J connectivity index is 2.09. The van der Waals surface area contributed by atoms with Gasteiger partial charge in [0, 0.05) is 16.5 Å². The van der Waals surface area contributed by atoms with E-state index in [2.05, 4.69) is 0 Å². The van der Waals surface area contributed by atoms with Crippen LogP contribution in [0.2, 0.25) is 0 Å². The van der Waals surface area contributed by atoms with Gasteiger partial charge in [-0.15, -0.1) is 23.1 Å². The third-order valence-electron chi connectivity index (χ3n) is 3.83. The third-order valence-corrected chi connectivity index (χ3v) is 6.15. The van der Waals surface area contributed by atoms with Crippen LogP contribution in [0.4, 0.5) is 0 Å². The lowest BCUT2D eigenvalue weighted by Crippen LogP contribution is -2.16. The fourth-order valence-corrected chi connectivity index (χ4v) is 4.91. The molecule has 0 fully saturated rings. The van der Waals surface area contributed by atoms with Crippen LogP contribution in [0.5, 0.6) is 5.75 Å². The van der Waals surface area contributed by atoms with Gasteiger partial charge >= 0.3 is 0 Å². The molecule has 0 saturated heterocycles. The second kappa shape index (κ2) is 8.34. The van der Waals surface area contributed by atoms with E-state index in [1.165, 1.54) is 23.1 Å². The van der Waals surface area contributed by atoms with Crippen LogP contribution in [0, 0.1) is 0 Å². The van der Waals surface area contributed by atoms with E-state index in [0.717, 1.165) is 26.2 Å². The number of carbonyl (C=O) groups is 1. The number of benzene rings is 2. The number of hydrogen-bond donors (Lipinski definition) is 0. The zero-order valence-electron chi connectivity index (χ0n) is 14.5. The van der Waals surface area contributed by atoms with E-state index < -0.39 is 0 Å². The second-order valence-electron chi connectivity index (χ2n) is 5.49. The van der Waals surface area contributed by atoms with Crippen molar-refractivity contribution in [3.05, 3.63) is 82.0 Å². The Bertz CT molecular complexity index is 961. The highest BCUT2D eigenvalue weighted by molar-refractivity contribution is 8.01. The number of carbonyl (C=O) groups excluding carboxylic acids is 1. The first-order chi connectivity index (χ1) is 12.6. The Morgan fingerprint density at radius 1 is 1.08 bits per heavy atom. The van der Waals surface area contributed by atoms with Gasteiger partial charge in [-0.05, 0) is 35.6 Å². The number of ether oxygens (including phenoxy) is 1. The van der Waals surface area contributed by atoms with Crippen molar-refractivity contribution < 1.29 is 9.53 Å². The summed E-state index contributed by atoms with van der Waals surface area (Å²) in [6.45, 7) is 2.01. The Labute approximate surface area is 160 Å². The van der Waals surface area contributed by atoms with Gasteiger partial charge in [0.2, 0.25) is 0 Å². The van der Waals surface area contributed by atoms with Gasteiger partial charge in [-0.2, -0.15) is 0 Å². The minimum Gasteiger partial charge on any atom is -0.497 e. The molecule has 0 radical (unpaired) electrons. The van der Waals surface area contributed by atoms with Crippen LogP contribution >= 0.6 is 23.1 Å². The molecule has 3 nitrogen and oxygen atoms in total. The molecule has 0 spiro atoms. The molecule has 0 amide bonds. The Hall–Kier alpha value is -2.37. The fourth-order valence-electron chi connectivity index (χ4n) is 2.54. The van der Waals surface area contributed by atoms with E-state index in [4.69, 9.17) is 4.74 Å². The lowest BCUT2D eigenvalue weighted by molar-refractivity contribution is 0.103. The summed E-state index contributed by atoms with van der Waals surface area (Å²) in [4.78, 5) is 26.5. The maximum absolute atomic E-state index is 12.9. The molecule has 1 heterocycles. The molecule has 2 aromatic carbocycles. The Morgan fingerprint density at radius 3 is 2.38 bits per heavy atom. The number of ketones is 1. The first kappa shape index (κ1) is 18.4. The molecule has 0 saturated carbocycles. The first-order valence-corrected chi connectivity index (χ1v) is 9.99. The van der Waals surface area contributed by atoms with E-state index in [0.29, 0.717) is 5.56 Å². The monoisotopic (exact) mass is 382 g/mol. The fraction of sp³-hybridized carbons (Fsp3) is 0.143. The molecule has 0 aliphatic heterocycles. The van der Waals surface area contributed by atoms with Gasteiger partial charge in [0.1, 0.15) is 5.75 Å². The molecule has 3 aromatic rings. The summed E-state index contributed by atoms with van der Waals surface area (Å²) in [6, 6.07) is 18.1. The van der Waals surface area contributed by atoms with Crippen LogP contribution in [0.1, 0.15) is 22.8 Å². The van der Waals surface area contributed by atoms with E-state index >= 15 is 0 Å². The van der Waals surface area contributed by atoms with Crippen LogP contribution < -0.4 is 10.2 Å². The van der Waals surface area contributed by atoms with Crippen molar-refractivity contribution in [2.75, 3.05) is 12.9 Å². The van der Waals surface area contributed by atoms with Gasteiger partial charge in [-0.1, -0.05) is 37.3 Å². The molecule has 0 aliphatic rings. The average molecular weight is 383 g/mol. The van der Waals surface area contributed by atoms with Gasteiger partial charge in [0.05, 0.1) is 16.9 Å². The summed E-state index contributed by atoms with van der Waals surface area (Å²) in [7, 11) is 1.62. The third kappa shape index (κ3) is 3.89. The van der Waals surface area contributed by atoms with E-state index in [-0.39, 0.29) is 16.8 Å². The van der Waals surface area contributed by atoms with Crippen molar-refractivity contribution in [2.45, 2.75) is 11.1 Å². The van der Waals surface area contributed by atoms with Crippen LogP contribution in [-0.4, -0.2) is 18.6 Å². The predicted molar refractivity (Wildman–Crippen MR) is 109 cm³/mol. The predicted octanol–water partition coefficient (Wildman–Crippen LogP) is 5.13. The molecule has 0 bridgehead atoms. The normalized spacial score (nSPS) is 10.5. The molecule has 1 aromatic heterocycles. The van der Waals surface area contributed by atoms with E-state index in [1.807, 2.05) is 37.3 Å². The van der Waals surface area contributed by atoms with Crippen molar-refractivity contribution in [3.8, 4) is 16.2 Å². The van der Waals surface area contributed by atoms with Crippen LogP contribution in [0.3, 0.4) is 0 Å². The number of rotatable bonds is 6. The highest BCUT2D eigenvalue weighted by atomic mass is 32.2. The van der Waals surface area contributed by atoms with Crippen LogP contribution in [-0.2, 0) is 0 Å². The van der Waals surface area contributed by atoms with Gasteiger partial charge in [0.25, 0.3) is 0 Å². The van der Waals surface area contributed by atoms with Gasteiger partial charge in [-0.25, -0.2) is 0 Å². The highest BCUT2D eigenvalue weighted by Gasteiger charge is 2.20. The maximum Gasteiger partial charge on any atom is 0.198 e. The average Bonchev–Trinajstić information content (AvgIpc) is 2.68. The van der Waals surface area contributed by atoms with Crippen LogP contribution in [0.25, 0.3) is 10.4 Å². The summed E-state index contributed by atoms with van der Waals surface area (Å²) in [5, 5.41) is 0. The van der Waals surface area contributed by atoms with Crippen molar-refractivity contribution in [3.63, 3.8) is 0 Å². The van der Waals surface area contributed by atoms with Crippen molar-refractivity contribution in [1.82, 2.24) is 0 Å². The SMILES string of the molecule is CCSc1sc(-c2ccc(OC)cc2)cc(=O)c1C(=O)c1ccccc1. The molecule has 5 heteroatoms. The first-order valence-electron chi connectivity index (χ1n) is 8.19. The smallest absolute Gasteiger partial charge is 0.198 e. The summed E-state index contributed by atoms with van der Waals surface area (Å²) in [5.74, 6) is 1.33. The number of methoxy groups -OCH3 is 1. The van der Waals surface area contributed by atoms with Crippen LogP contribution in [0.15, 0.2) is 69.7 Å². The Morgan fingerprint density at radius 2 is 1.77 bits per heavy atom. The van der Waals surface area contributed by atoms with Gasteiger partial charge < -0.3 is 4.74 Å². The molecule has 0 atom stereocenters. The standard InChI is InChI=1S/C21H18O3S2/c1-3-25-21-19(20(23)15-7-5-4-6-8-15)17(22)13-18(26-21)14-9-11-16(24-2)12-10-14/h4-13H,3H2,1-2H3. The lowest BCUT2D eigenvalue weighted by atomic mass is 10.1. The Kier molecular flexibility index (Phi) is 5.91. The molecule has 0 N–H and O–H groups in total. The van der Waals surface area contributed by atoms with Gasteiger partial charge in [0.15, 0.2) is 11.2 Å². The van der Waals surface area contributed by atoms with Crippen molar-refractivity contribution in [1.29, 1.82) is 0 Å². The number of thioether (sulfide) groups is 1. The molecule has 26 heavy (non-hydrogen) atoms. The summed E-state index contributed by atoms with van der Waals surface area (Å²) >= 11 is 3.01. The maximum atomic E-state index is 12.9. The molecule has 3 rings (SSSR count). The molecule has 0 unspecified atom stereocenters.